The molecule has 3 aliphatic rings. The van der Waals surface area contributed by atoms with E-state index < -0.39 is 5.54 Å². The predicted molar refractivity (Wildman–Crippen MR) is 120 cm³/mol. The van der Waals surface area contributed by atoms with Crippen molar-refractivity contribution < 1.29 is 14.3 Å². The van der Waals surface area contributed by atoms with Crippen molar-refractivity contribution in [2.24, 2.45) is 0 Å². The lowest BCUT2D eigenvalue weighted by Crippen LogP contribution is -2.63. The molecule has 0 radical (unpaired) electrons. The number of carbonyl (C=O) groups is 2. The molecule has 0 aromatic heterocycles. The van der Waals surface area contributed by atoms with Crippen molar-refractivity contribution in [3.05, 3.63) is 65.7 Å². The summed E-state index contributed by atoms with van der Waals surface area (Å²) in [5.74, 6) is -0.367. The van der Waals surface area contributed by atoms with Gasteiger partial charge in [-0.05, 0) is 49.4 Å². The van der Waals surface area contributed by atoms with Gasteiger partial charge in [-0.25, -0.2) is 0 Å². The Bertz CT molecular complexity index is 946. The van der Waals surface area contributed by atoms with E-state index in [0.29, 0.717) is 12.1 Å². The molecule has 5 nitrogen and oxygen atoms in total. The molecule has 2 aromatic carbocycles. The number of hydrogen-bond acceptors (Lipinski definition) is 3. The number of fused-ring (bicyclic) bond motifs is 1. The average molecular weight is 419 g/mol. The highest BCUT2D eigenvalue weighted by Gasteiger charge is 2.55. The van der Waals surface area contributed by atoms with E-state index in [-0.39, 0.29) is 23.8 Å². The van der Waals surface area contributed by atoms with Crippen LogP contribution in [0.2, 0.25) is 0 Å². The van der Waals surface area contributed by atoms with Gasteiger partial charge >= 0.3 is 0 Å². The summed E-state index contributed by atoms with van der Waals surface area (Å²) in [4.78, 5) is 29.5. The largest absolute Gasteiger partial charge is 0.376 e. The van der Waals surface area contributed by atoms with Crippen molar-refractivity contribution in [3.63, 3.8) is 0 Å². The zero-order chi connectivity index (χ0) is 21.3. The van der Waals surface area contributed by atoms with Gasteiger partial charge < -0.3 is 15.0 Å². The van der Waals surface area contributed by atoms with Crippen molar-refractivity contribution in [2.75, 3.05) is 18.1 Å². The molecule has 1 saturated heterocycles. The Morgan fingerprint density at radius 2 is 1.74 bits per heavy atom. The van der Waals surface area contributed by atoms with Crippen LogP contribution in [-0.4, -0.2) is 36.6 Å². The number of anilines is 1. The number of ether oxygens (including phenoxy) is 1. The van der Waals surface area contributed by atoms with E-state index in [1.54, 1.807) is 0 Å². The second-order valence-corrected chi connectivity index (χ2v) is 9.04. The Kier molecular flexibility index (Phi) is 5.53. The molecule has 5 rings (SSSR count). The van der Waals surface area contributed by atoms with Crippen LogP contribution in [0.4, 0.5) is 5.69 Å². The summed E-state index contributed by atoms with van der Waals surface area (Å²) in [5.41, 5.74) is 1.85. The molecule has 2 aliphatic heterocycles. The van der Waals surface area contributed by atoms with Crippen LogP contribution < -0.4 is 10.2 Å². The second-order valence-electron chi connectivity index (χ2n) is 9.04. The molecular formula is C26H30N2O3. The van der Waals surface area contributed by atoms with Crippen LogP contribution in [0.1, 0.15) is 66.8 Å². The number of hydrogen-bond donors (Lipinski definition) is 1. The Labute approximate surface area is 183 Å². The molecule has 1 spiro atoms. The van der Waals surface area contributed by atoms with Gasteiger partial charge in [0, 0.05) is 24.4 Å². The van der Waals surface area contributed by atoms with E-state index in [1.165, 1.54) is 0 Å². The molecule has 2 aromatic rings. The van der Waals surface area contributed by atoms with E-state index in [2.05, 4.69) is 5.32 Å². The summed E-state index contributed by atoms with van der Waals surface area (Å²) in [5, 5.41) is 3.19. The molecule has 162 valence electrons. The zero-order valence-corrected chi connectivity index (χ0v) is 17.9. The van der Waals surface area contributed by atoms with Crippen molar-refractivity contribution in [1.82, 2.24) is 5.32 Å². The maximum Gasteiger partial charge on any atom is 0.259 e. The SMILES string of the molecule is O=C(NC[C@@H]1CCCO1)[C@@H]1c2ccccc2C(=O)N(c2ccccc2)C12CCCCC2. The normalized spacial score (nSPS) is 24.8. The number of carbonyl (C=O) groups excluding carboxylic acids is 2. The number of nitrogens with zero attached hydrogens (tertiary/aromatic N) is 1. The van der Waals surface area contributed by atoms with E-state index in [1.807, 2.05) is 59.5 Å². The zero-order valence-electron chi connectivity index (χ0n) is 17.9. The van der Waals surface area contributed by atoms with Crippen LogP contribution in [0.25, 0.3) is 0 Å². The molecule has 1 aliphatic carbocycles. The topological polar surface area (TPSA) is 58.6 Å². The lowest BCUT2D eigenvalue weighted by atomic mass is 9.65. The Morgan fingerprint density at radius 3 is 2.48 bits per heavy atom. The number of nitrogens with one attached hydrogen (secondary N) is 1. The smallest absolute Gasteiger partial charge is 0.259 e. The van der Waals surface area contributed by atoms with Crippen molar-refractivity contribution in [2.45, 2.75) is 62.5 Å². The molecule has 31 heavy (non-hydrogen) atoms. The molecular weight excluding hydrogens is 388 g/mol. The first-order chi connectivity index (χ1) is 15.2. The highest BCUT2D eigenvalue weighted by atomic mass is 16.5. The van der Waals surface area contributed by atoms with Gasteiger partial charge in [-0.1, -0.05) is 55.7 Å². The van der Waals surface area contributed by atoms with Crippen LogP contribution in [0.3, 0.4) is 0 Å². The summed E-state index contributed by atoms with van der Waals surface area (Å²) in [7, 11) is 0. The molecule has 2 atom stereocenters. The summed E-state index contributed by atoms with van der Waals surface area (Å²) in [6.45, 7) is 1.31. The lowest BCUT2D eigenvalue weighted by Gasteiger charge is -2.53. The Hall–Kier alpha value is -2.66. The molecule has 1 saturated carbocycles. The number of para-hydroxylation sites is 1. The Morgan fingerprint density at radius 1 is 1.00 bits per heavy atom. The third-order valence-corrected chi connectivity index (χ3v) is 7.21. The third kappa shape index (κ3) is 3.55. The summed E-state index contributed by atoms with van der Waals surface area (Å²) >= 11 is 0. The van der Waals surface area contributed by atoms with E-state index in [0.717, 1.165) is 62.8 Å². The molecule has 1 N–H and O–H groups in total. The van der Waals surface area contributed by atoms with E-state index in [9.17, 15) is 9.59 Å². The minimum absolute atomic E-state index is 0.00637. The fraction of sp³-hybridized carbons (Fsp3) is 0.462. The Balaban J connectivity index is 1.59. The fourth-order valence-electron chi connectivity index (χ4n) is 5.82. The van der Waals surface area contributed by atoms with Crippen LogP contribution in [-0.2, 0) is 9.53 Å². The van der Waals surface area contributed by atoms with Crippen LogP contribution >= 0.6 is 0 Å². The highest BCUT2D eigenvalue weighted by molar-refractivity contribution is 6.12. The fourth-order valence-corrected chi connectivity index (χ4v) is 5.82. The van der Waals surface area contributed by atoms with Gasteiger partial charge in [0.2, 0.25) is 5.91 Å². The highest BCUT2D eigenvalue weighted by Crippen LogP contribution is 2.50. The molecule has 2 amide bonds. The summed E-state index contributed by atoms with van der Waals surface area (Å²) in [6, 6.07) is 17.5. The monoisotopic (exact) mass is 418 g/mol. The van der Waals surface area contributed by atoms with Crippen LogP contribution in [0.15, 0.2) is 54.6 Å². The van der Waals surface area contributed by atoms with Crippen molar-refractivity contribution >= 4 is 17.5 Å². The first kappa shape index (κ1) is 20.3. The summed E-state index contributed by atoms with van der Waals surface area (Å²) in [6.07, 6.45) is 6.98. The van der Waals surface area contributed by atoms with Gasteiger partial charge in [0.1, 0.15) is 0 Å². The molecule has 0 unspecified atom stereocenters. The minimum Gasteiger partial charge on any atom is -0.376 e. The summed E-state index contributed by atoms with van der Waals surface area (Å²) < 4.78 is 5.73. The first-order valence-electron chi connectivity index (χ1n) is 11.6. The van der Waals surface area contributed by atoms with Gasteiger partial charge in [-0.2, -0.15) is 0 Å². The predicted octanol–water partition coefficient (Wildman–Crippen LogP) is 4.43. The number of benzene rings is 2. The van der Waals surface area contributed by atoms with Gasteiger partial charge in [-0.3, -0.25) is 9.59 Å². The van der Waals surface area contributed by atoms with Crippen molar-refractivity contribution in [3.8, 4) is 0 Å². The standard InChI is InChI=1S/C26H30N2O3/c29-24(27-18-20-12-9-17-31-20)23-21-13-5-6-14-22(21)25(30)28(19-10-3-1-4-11-19)26(23)15-7-2-8-16-26/h1,3-6,10-11,13-14,20,23H,2,7-9,12,15-18H2,(H,27,29)/t20-,23-/m0/s1. The van der Waals surface area contributed by atoms with Crippen LogP contribution in [0, 0.1) is 0 Å². The average Bonchev–Trinajstić information content (AvgIpc) is 3.33. The van der Waals surface area contributed by atoms with Crippen LogP contribution in [0.5, 0.6) is 0 Å². The maximum atomic E-state index is 13.8. The second kappa shape index (κ2) is 8.46. The molecule has 5 heteroatoms. The molecule has 0 bridgehead atoms. The maximum absolute atomic E-state index is 13.8. The third-order valence-electron chi connectivity index (χ3n) is 7.21. The molecule has 2 heterocycles. The van der Waals surface area contributed by atoms with Gasteiger partial charge in [0.15, 0.2) is 0 Å². The number of rotatable bonds is 4. The quantitative estimate of drug-likeness (QED) is 0.799. The van der Waals surface area contributed by atoms with Gasteiger partial charge in [0.25, 0.3) is 5.91 Å². The van der Waals surface area contributed by atoms with E-state index in [4.69, 9.17) is 4.74 Å². The first-order valence-corrected chi connectivity index (χ1v) is 11.6. The van der Waals surface area contributed by atoms with Crippen molar-refractivity contribution in [1.29, 1.82) is 0 Å². The van der Waals surface area contributed by atoms with Gasteiger partial charge in [-0.15, -0.1) is 0 Å². The lowest BCUT2D eigenvalue weighted by molar-refractivity contribution is -0.125. The minimum atomic E-state index is -0.536. The number of amides is 2. The molecule has 2 fully saturated rings. The van der Waals surface area contributed by atoms with E-state index >= 15 is 0 Å². The van der Waals surface area contributed by atoms with Gasteiger partial charge in [0.05, 0.1) is 17.6 Å².